The van der Waals surface area contributed by atoms with Gasteiger partial charge >= 0.3 is 0 Å². The van der Waals surface area contributed by atoms with Crippen LogP contribution in [-0.4, -0.2) is 27.5 Å². The molecule has 0 fully saturated rings. The molecule has 0 radical (unpaired) electrons. The van der Waals surface area contributed by atoms with E-state index in [1.54, 1.807) is 18.2 Å². The van der Waals surface area contributed by atoms with Gasteiger partial charge in [-0.15, -0.1) is 0 Å². The molecule has 32 heavy (non-hydrogen) atoms. The molecular formula is C24H25ClN2O4S. The number of rotatable bonds is 9. The lowest BCUT2D eigenvalue weighted by Crippen LogP contribution is -2.40. The van der Waals surface area contributed by atoms with Crippen LogP contribution < -0.4 is 14.4 Å². The Morgan fingerprint density at radius 1 is 1.03 bits per heavy atom. The number of aryl methyl sites for hydroxylation is 1. The molecular weight excluding hydrogens is 448 g/mol. The van der Waals surface area contributed by atoms with Gasteiger partial charge in [0.05, 0.1) is 17.2 Å². The van der Waals surface area contributed by atoms with Crippen LogP contribution in [0.25, 0.3) is 0 Å². The molecule has 1 N–H and O–H groups in total. The van der Waals surface area contributed by atoms with Crippen LogP contribution in [0.1, 0.15) is 18.1 Å². The van der Waals surface area contributed by atoms with Crippen LogP contribution in [0.4, 0.5) is 5.69 Å². The molecule has 168 valence electrons. The zero-order valence-corrected chi connectivity index (χ0v) is 19.5. The summed E-state index contributed by atoms with van der Waals surface area (Å²) in [5.41, 5.74) is 2.15. The first kappa shape index (κ1) is 23.6. The Labute approximate surface area is 193 Å². The summed E-state index contributed by atoms with van der Waals surface area (Å²) >= 11 is 5.91. The van der Waals surface area contributed by atoms with Crippen LogP contribution in [0.2, 0.25) is 5.02 Å². The van der Waals surface area contributed by atoms with Crippen LogP contribution in [0.15, 0.2) is 77.7 Å². The number of anilines is 1. The standard InChI is InChI=1S/C24H25ClN2O4S/c1-3-31-22-9-5-7-19(15-22)16-26-24(28)17-27(21-8-4-6-18(2)14-21)32(29,30)23-12-10-20(25)11-13-23/h4-15H,3,16-17H2,1-2H3,(H,26,28). The van der Waals surface area contributed by atoms with Crippen molar-refractivity contribution in [2.45, 2.75) is 25.3 Å². The molecule has 6 nitrogen and oxygen atoms in total. The van der Waals surface area contributed by atoms with Crippen molar-refractivity contribution in [2.75, 3.05) is 17.5 Å². The number of hydrogen-bond acceptors (Lipinski definition) is 4. The molecule has 0 aliphatic rings. The average molecular weight is 473 g/mol. The van der Waals surface area contributed by atoms with E-state index in [1.807, 2.05) is 44.2 Å². The summed E-state index contributed by atoms with van der Waals surface area (Å²) in [6.45, 7) is 4.20. The maximum absolute atomic E-state index is 13.4. The third-order valence-corrected chi connectivity index (χ3v) is 6.72. The number of nitrogens with zero attached hydrogens (tertiary/aromatic N) is 1. The molecule has 8 heteroatoms. The third kappa shape index (κ3) is 6.02. The molecule has 0 aliphatic heterocycles. The number of carbonyl (C=O) groups is 1. The number of carbonyl (C=O) groups excluding carboxylic acids is 1. The van der Waals surface area contributed by atoms with Gasteiger partial charge in [-0.2, -0.15) is 0 Å². The molecule has 3 aromatic rings. The molecule has 0 bridgehead atoms. The summed E-state index contributed by atoms with van der Waals surface area (Å²) in [7, 11) is -3.99. The molecule has 0 spiro atoms. The van der Waals surface area contributed by atoms with Crippen LogP contribution in [-0.2, 0) is 21.4 Å². The molecule has 0 saturated carbocycles. The van der Waals surface area contributed by atoms with E-state index < -0.39 is 15.9 Å². The van der Waals surface area contributed by atoms with Crippen LogP contribution in [0, 0.1) is 6.92 Å². The number of halogens is 1. The second-order valence-corrected chi connectivity index (χ2v) is 9.46. The topological polar surface area (TPSA) is 75.7 Å². The van der Waals surface area contributed by atoms with E-state index in [2.05, 4.69) is 5.32 Å². The van der Waals surface area contributed by atoms with Gasteiger partial charge in [0.1, 0.15) is 12.3 Å². The molecule has 0 atom stereocenters. The van der Waals surface area contributed by atoms with Gasteiger partial charge in [0.15, 0.2) is 0 Å². The van der Waals surface area contributed by atoms with Crippen molar-refractivity contribution < 1.29 is 17.9 Å². The Morgan fingerprint density at radius 3 is 2.44 bits per heavy atom. The summed E-state index contributed by atoms with van der Waals surface area (Å²) in [4.78, 5) is 12.8. The SMILES string of the molecule is CCOc1cccc(CNC(=O)CN(c2cccc(C)c2)S(=O)(=O)c2ccc(Cl)cc2)c1. The summed E-state index contributed by atoms with van der Waals surface area (Å²) in [6, 6.07) is 20.3. The first-order valence-corrected chi connectivity index (χ1v) is 11.9. The van der Waals surface area contributed by atoms with Crippen LogP contribution >= 0.6 is 11.6 Å². The highest BCUT2D eigenvalue weighted by atomic mass is 35.5. The fraction of sp³-hybridized carbons (Fsp3) is 0.208. The fourth-order valence-electron chi connectivity index (χ4n) is 3.13. The number of amides is 1. The van der Waals surface area contributed by atoms with E-state index >= 15 is 0 Å². The molecule has 1 amide bonds. The van der Waals surface area contributed by atoms with Gasteiger partial charge in [-0.1, -0.05) is 35.9 Å². The Morgan fingerprint density at radius 2 is 1.75 bits per heavy atom. The van der Waals surface area contributed by atoms with Crippen LogP contribution in [0.5, 0.6) is 5.75 Å². The molecule has 0 aromatic heterocycles. The highest BCUT2D eigenvalue weighted by molar-refractivity contribution is 7.92. The maximum atomic E-state index is 13.4. The maximum Gasteiger partial charge on any atom is 0.264 e. The molecule has 3 aromatic carbocycles. The van der Waals surface area contributed by atoms with Crippen molar-refractivity contribution in [1.29, 1.82) is 0 Å². The second-order valence-electron chi connectivity index (χ2n) is 7.16. The minimum Gasteiger partial charge on any atom is -0.494 e. The second kappa shape index (κ2) is 10.5. The van der Waals surface area contributed by atoms with Gasteiger partial charge in [0, 0.05) is 11.6 Å². The zero-order valence-electron chi connectivity index (χ0n) is 17.9. The Kier molecular flexibility index (Phi) is 7.77. The predicted octanol–water partition coefficient (Wildman–Crippen LogP) is 4.56. The van der Waals surface area contributed by atoms with E-state index in [1.165, 1.54) is 24.3 Å². The molecule has 0 aliphatic carbocycles. The molecule has 0 heterocycles. The number of sulfonamides is 1. The number of ether oxygens (including phenoxy) is 1. The van der Waals surface area contributed by atoms with E-state index in [0.717, 1.165) is 15.4 Å². The monoisotopic (exact) mass is 472 g/mol. The van der Waals surface area contributed by atoms with Crippen molar-refractivity contribution in [3.05, 3.63) is 88.9 Å². The van der Waals surface area contributed by atoms with E-state index in [0.29, 0.717) is 23.1 Å². The largest absolute Gasteiger partial charge is 0.494 e. The highest BCUT2D eigenvalue weighted by Crippen LogP contribution is 2.25. The lowest BCUT2D eigenvalue weighted by atomic mass is 10.2. The Balaban J connectivity index is 1.82. The van der Waals surface area contributed by atoms with Gasteiger partial charge in [0.25, 0.3) is 10.0 Å². The van der Waals surface area contributed by atoms with Gasteiger partial charge in [0.2, 0.25) is 5.91 Å². The number of benzene rings is 3. The van der Waals surface area contributed by atoms with Gasteiger partial charge in [-0.3, -0.25) is 9.10 Å². The van der Waals surface area contributed by atoms with Crippen molar-refractivity contribution in [3.63, 3.8) is 0 Å². The summed E-state index contributed by atoms with van der Waals surface area (Å²) in [5, 5.41) is 3.22. The van der Waals surface area contributed by atoms with Crippen molar-refractivity contribution in [2.24, 2.45) is 0 Å². The minimum absolute atomic E-state index is 0.0561. The number of nitrogens with one attached hydrogen (secondary N) is 1. The third-order valence-electron chi connectivity index (χ3n) is 4.68. The zero-order chi connectivity index (χ0) is 23.1. The first-order valence-electron chi connectivity index (χ1n) is 10.1. The minimum atomic E-state index is -3.99. The van der Waals surface area contributed by atoms with Crippen molar-refractivity contribution in [1.82, 2.24) is 5.32 Å². The predicted molar refractivity (Wildman–Crippen MR) is 127 cm³/mol. The van der Waals surface area contributed by atoms with Crippen LogP contribution in [0.3, 0.4) is 0 Å². The van der Waals surface area contributed by atoms with E-state index in [-0.39, 0.29) is 18.0 Å². The van der Waals surface area contributed by atoms with Crippen molar-refractivity contribution >= 4 is 33.2 Å². The Hall–Kier alpha value is -3.03. The molecule has 0 saturated heterocycles. The summed E-state index contributed by atoms with van der Waals surface area (Å²) in [5.74, 6) is 0.289. The average Bonchev–Trinajstić information content (AvgIpc) is 2.77. The molecule has 3 rings (SSSR count). The van der Waals surface area contributed by atoms with Gasteiger partial charge < -0.3 is 10.1 Å². The lowest BCUT2D eigenvalue weighted by molar-refractivity contribution is -0.119. The fourth-order valence-corrected chi connectivity index (χ4v) is 4.67. The summed E-state index contributed by atoms with van der Waals surface area (Å²) in [6.07, 6.45) is 0. The first-order chi connectivity index (χ1) is 15.3. The smallest absolute Gasteiger partial charge is 0.264 e. The lowest BCUT2D eigenvalue weighted by Gasteiger charge is -2.24. The van der Waals surface area contributed by atoms with E-state index in [4.69, 9.17) is 16.3 Å². The van der Waals surface area contributed by atoms with Gasteiger partial charge in [-0.25, -0.2) is 8.42 Å². The summed E-state index contributed by atoms with van der Waals surface area (Å²) < 4.78 is 33.3. The number of hydrogen-bond donors (Lipinski definition) is 1. The van der Waals surface area contributed by atoms with E-state index in [9.17, 15) is 13.2 Å². The molecule has 0 unspecified atom stereocenters. The highest BCUT2D eigenvalue weighted by Gasteiger charge is 2.27. The van der Waals surface area contributed by atoms with Gasteiger partial charge in [-0.05, 0) is 73.5 Å². The quantitative estimate of drug-likeness (QED) is 0.495. The van der Waals surface area contributed by atoms with Crippen molar-refractivity contribution in [3.8, 4) is 5.75 Å². The normalized spacial score (nSPS) is 11.1. The Bertz CT molecular complexity index is 1180.